The molecule has 24 heavy (non-hydrogen) atoms. The van der Waals surface area contributed by atoms with Crippen LogP contribution in [0.2, 0.25) is 0 Å². The van der Waals surface area contributed by atoms with Crippen molar-refractivity contribution in [3.05, 3.63) is 36.2 Å². The van der Waals surface area contributed by atoms with Crippen molar-refractivity contribution in [3.8, 4) is 11.5 Å². The van der Waals surface area contributed by atoms with Crippen molar-refractivity contribution in [1.29, 1.82) is 0 Å². The highest BCUT2D eigenvalue weighted by molar-refractivity contribution is 5.85. The summed E-state index contributed by atoms with van der Waals surface area (Å²) in [5, 5.41) is 5.43. The monoisotopic (exact) mass is 341 g/mol. The largest absolute Gasteiger partial charge is 0.433 e. The smallest absolute Gasteiger partial charge is 0.358 e. The molecule has 1 atom stereocenters. The molecular formula is C15H18F3N5O. The lowest BCUT2D eigenvalue weighted by Crippen LogP contribution is -2.44. The summed E-state index contributed by atoms with van der Waals surface area (Å²) >= 11 is 0. The van der Waals surface area contributed by atoms with E-state index in [1.165, 1.54) is 12.3 Å². The van der Waals surface area contributed by atoms with Crippen molar-refractivity contribution in [2.24, 2.45) is 0 Å². The second-order valence-electron chi connectivity index (χ2n) is 5.30. The Bertz CT molecular complexity index is 746. The third kappa shape index (κ3) is 3.61. The zero-order valence-electron chi connectivity index (χ0n) is 12.5. The summed E-state index contributed by atoms with van der Waals surface area (Å²) in [4.78, 5) is 23.4. The molecule has 1 saturated heterocycles. The molecule has 6 nitrogen and oxygen atoms in total. The first-order valence-electron chi connectivity index (χ1n) is 7.35. The molecule has 0 saturated carbocycles. The number of carbonyl (C=O) groups excluding carboxylic acids is 1. The topological polar surface area (TPSA) is 79.8 Å². The van der Waals surface area contributed by atoms with E-state index in [-0.39, 0.29) is 26.1 Å². The number of nitrogens with one attached hydrogen (secondary N) is 2. The van der Waals surface area contributed by atoms with Gasteiger partial charge in [0.2, 0.25) is 5.91 Å². The Morgan fingerprint density at radius 1 is 1.29 bits per heavy atom. The molecule has 2 aromatic rings. The van der Waals surface area contributed by atoms with E-state index in [0.29, 0.717) is 13.0 Å². The minimum absolute atomic E-state index is 0. The molecular weight excluding hydrogens is 323 g/mol. The predicted molar refractivity (Wildman–Crippen MR) is 84.1 cm³/mol. The first kappa shape index (κ1) is 16.2. The van der Waals surface area contributed by atoms with Crippen LogP contribution in [0.25, 0.3) is 11.5 Å². The number of amides is 1. The molecule has 130 valence electrons. The summed E-state index contributed by atoms with van der Waals surface area (Å²) in [5.41, 5.74) is -0.864. The highest BCUT2D eigenvalue weighted by atomic mass is 19.4. The van der Waals surface area contributed by atoms with Crippen molar-refractivity contribution in [2.75, 3.05) is 11.9 Å². The number of hydrogen-bond acceptors (Lipinski definition) is 5. The van der Waals surface area contributed by atoms with Gasteiger partial charge >= 0.3 is 6.18 Å². The summed E-state index contributed by atoms with van der Waals surface area (Å²) in [6.07, 6.45) is -1.91. The van der Waals surface area contributed by atoms with Gasteiger partial charge in [0.05, 0.1) is 0 Å². The molecule has 1 amide bonds. The van der Waals surface area contributed by atoms with Gasteiger partial charge in [-0.1, -0.05) is 6.07 Å². The molecule has 9 heteroatoms. The van der Waals surface area contributed by atoms with Crippen molar-refractivity contribution in [1.82, 2.24) is 20.3 Å². The molecule has 2 aromatic heterocycles. The molecule has 2 N–H and O–H groups in total. The van der Waals surface area contributed by atoms with E-state index in [2.05, 4.69) is 25.6 Å². The van der Waals surface area contributed by atoms with Gasteiger partial charge in [0, 0.05) is 21.7 Å². The van der Waals surface area contributed by atoms with E-state index >= 15 is 0 Å². The maximum atomic E-state index is 13.1. The number of pyridine rings is 1. The average molecular weight is 341 g/mol. The van der Waals surface area contributed by atoms with Crippen LogP contribution in [0.3, 0.4) is 0 Å². The molecule has 1 fully saturated rings. The summed E-state index contributed by atoms with van der Waals surface area (Å²) < 4.78 is 39.3. The number of rotatable bonds is 3. The molecule has 3 rings (SSSR count). The maximum Gasteiger partial charge on any atom is 0.433 e. The molecule has 1 aliphatic rings. The lowest BCUT2D eigenvalue weighted by atomic mass is 10.1. The highest BCUT2D eigenvalue weighted by Crippen LogP contribution is 2.30. The van der Waals surface area contributed by atoms with Crippen molar-refractivity contribution in [2.45, 2.75) is 25.1 Å². The fraction of sp³-hybridized carbons (Fsp3) is 0.333. The summed E-state index contributed by atoms with van der Waals surface area (Å²) in [5.74, 6) is -0.461. The van der Waals surface area contributed by atoms with Crippen LogP contribution in [0, 0.1) is 0 Å². The Kier molecular flexibility index (Phi) is 4.32. The van der Waals surface area contributed by atoms with Crippen LogP contribution in [0.15, 0.2) is 30.5 Å². The summed E-state index contributed by atoms with van der Waals surface area (Å²) in [7, 11) is 0. The highest BCUT2D eigenvalue weighted by Gasteiger charge is 2.34. The summed E-state index contributed by atoms with van der Waals surface area (Å²) in [6.45, 7) is 0.563. The first-order chi connectivity index (χ1) is 11.4. The normalized spacial score (nSPS) is 18.1. The van der Waals surface area contributed by atoms with Gasteiger partial charge in [0.25, 0.3) is 0 Å². The molecule has 0 aromatic carbocycles. The third-order valence-electron chi connectivity index (χ3n) is 3.52. The number of halogens is 3. The standard InChI is InChI=1S/C15H14F3N5O.2H2/c16-15(17,18)11-8-12(21-10-5-3-7-20-14(10)24)23-13(22-11)9-4-1-2-6-19-9;;/h1-2,4,6,8,10H,3,5,7H2,(H,20,24)(H,21,22,23);2*1H. The van der Waals surface area contributed by atoms with Crippen LogP contribution in [0.1, 0.15) is 21.4 Å². The predicted octanol–water partition coefficient (Wildman–Crippen LogP) is 2.74. The zero-order valence-corrected chi connectivity index (χ0v) is 12.5. The lowest BCUT2D eigenvalue weighted by molar-refractivity contribution is -0.141. The SMILES string of the molecule is O=C1NCCCC1Nc1cc(C(F)(F)F)nc(-c2ccccn2)n1.[HH].[HH]. The van der Waals surface area contributed by atoms with Gasteiger partial charge in [0.1, 0.15) is 17.6 Å². The van der Waals surface area contributed by atoms with Gasteiger partial charge < -0.3 is 10.6 Å². The van der Waals surface area contributed by atoms with Crippen LogP contribution in [-0.2, 0) is 11.0 Å². The van der Waals surface area contributed by atoms with Crippen LogP contribution in [0.5, 0.6) is 0 Å². The second-order valence-corrected chi connectivity index (χ2v) is 5.30. The van der Waals surface area contributed by atoms with Crippen molar-refractivity contribution >= 4 is 11.7 Å². The fourth-order valence-electron chi connectivity index (χ4n) is 2.36. The van der Waals surface area contributed by atoms with Gasteiger partial charge in [-0.2, -0.15) is 13.2 Å². The van der Waals surface area contributed by atoms with Gasteiger partial charge in [0.15, 0.2) is 11.5 Å². The molecule has 0 radical (unpaired) electrons. The molecule has 0 spiro atoms. The number of hydrogen-bond donors (Lipinski definition) is 2. The molecule has 1 unspecified atom stereocenters. The fourth-order valence-corrected chi connectivity index (χ4v) is 2.36. The molecule has 0 bridgehead atoms. The number of anilines is 1. The Balaban J connectivity index is 0.00000169. The van der Waals surface area contributed by atoms with E-state index in [9.17, 15) is 18.0 Å². The Labute approximate surface area is 138 Å². The van der Waals surface area contributed by atoms with Gasteiger partial charge in [-0.25, -0.2) is 9.97 Å². The second kappa shape index (κ2) is 6.42. The van der Waals surface area contributed by atoms with E-state index in [0.717, 1.165) is 12.5 Å². The van der Waals surface area contributed by atoms with Crippen LogP contribution in [0.4, 0.5) is 19.0 Å². The Morgan fingerprint density at radius 3 is 2.79 bits per heavy atom. The Morgan fingerprint density at radius 2 is 2.12 bits per heavy atom. The van der Waals surface area contributed by atoms with E-state index in [4.69, 9.17) is 0 Å². The van der Waals surface area contributed by atoms with Crippen LogP contribution in [-0.4, -0.2) is 33.4 Å². The number of alkyl halides is 3. The lowest BCUT2D eigenvalue weighted by Gasteiger charge is -2.23. The molecule has 1 aliphatic heterocycles. The zero-order chi connectivity index (χ0) is 17.2. The van der Waals surface area contributed by atoms with E-state index < -0.39 is 17.9 Å². The van der Waals surface area contributed by atoms with Gasteiger partial charge in [-0.3, -0.25) is 9.78 Å². The third-order valence-corrected chi connectivity index (χ3v) is 3.52. The maximum absolute atomic E-state index is 13.1. The van der Waals surface area contributed by atoms with E-state index in [1.54, 1.807) is 12.1 Å². The summed E-state index contributed by atoms with van der Waals surface area (Å²) in [6, 6.07) is 4.98. The number of carbonyl (C=O) groups is 1. The van der Waals surface area contributed by atoms with Gasteiger partial charge in [-0.05, 0) is 25.0 Å². The minimum Gasteiger partial charge on any atom is -0.358 e. The number of aromatic nitrogens is 3. The van der Waals surface area contributed by atoms with E-state index in [1.807, 2.05) is 0 Å². The van der Waals surface area contributed by atoms with Crippen molar-refractivity contribution < 1.29 is 20.8 Å². The Hall–Kier alpha value is -2.71. The van der Waals surface area contributed by atoms with Crippen molar-refractivity contribution in [3.63, 3.8) is 0 Å². The average Bonchev–Trinajstić information content (AvgIpc) is 2.57. The first-order valence-corrected chi connectivity index (χ1v) is 7.35. The number of nitrogens with zero attached hydrogens (tertiary/aromatic N) is 3. The number of piperidine rings is 1. The quantitative estimate of drug-likeness (QED) is 0.897. The van der Waals surface area contributed by atoms with Crippen LogP contribution >= 0.6 is 0 Å². The minimum atomic E-state index is -4.63. The molecule has 0 aliphatic carbocycles. The molecule has 3 heterocycles. The van der Waals surface area contributed by atoms with Gasteiger partial charge in [-0.15, -0.1) is 0 Å². The van der Waals surface area contributed by atoms with Crippen LogP contribution < -0.4 is 10.6 Å².